The van der Waals surface area contributed by atoms with Gasteiger partial charge in [0.2, 0.25) is 0 Å². The molecule has 0 aliphatic rings. The molecular weight excluding hydrogens is 310 g/mol. The fraction of sp³-hybridized carbons (Fsp3) is 0.118. The Balaban J connectivity index is 1.82. The number of hydrogen-bond acceptors (Lipinski definition) is 6. The van der Waals surface area contributed by atoms with Crippen LogP contribution in [0, 0.1) is 0 Å². The Labute approximate surface area is 138 Å². The van der Waals surface area contributed by atoms with E-state index in [2.05, 4.69) is 15.5 Å². The van der Waals surface area contributed by atoms with Crippen molar-refractivity contribution in [3.8, 4) is 23.0 Å². The number of anilines is 1. The monoisotopic (exact) mass is 325 g/mol. The molecule has 0 saturated carbocycles. The molecule has 24 heavy (non-hydrogen) atoms. The van der Waals surface area contributed by atoms with E-state index < -0.39 is 0 Å². The Morgan fingerprint density at radius 1 is 1.04 bits per heavy atom. The van der Waals surface area contributed by atoms with E-state index in [1.807, 2.05) is 6.07 Å². The van der Waals surface area contributed by atoms with E-state index in [1.54, 1.807) is 49.6 Å². The van der Waals surface area contributed by atoms with Crippen LogP contribution >= 0.6 is 0 Å². The number of carbonyl (C=O) groups excluding carboxylic acids is 1. The standard InChI is InChI=1S/C17H15N3O4/c1-22-12-8-9-13(14(10-12)23-2)16-19-20-17(24-16)18-15(21)11-6-4-3-5-7-11/h3-10H,1-2H3,(H,18,20,21). The highest BCUT2D eigenvalue weighted by molar-refractivity contribution is 6.03. The Morgan fingerprint density at radius 3 is 2.54 bits per heavy atom. The first-order valence-electron chi connectivity index (χ1n) is 7.13. The molecular formula is C17H15N3O4. The van der Waals surface area contributed by atoms with Gasteiger partial charge in [0.25, 0.3) is 11.8 Å². The van der Waals surface area contributed by atoms with E-state index in [4.69, 9.17) is 13.9 Å². The second-order valence-electron chi connectivity index (χ2n) is 4.80. The highest BCUT2D eigenvalue weighted by Crippen LogP contribution is 2.33. The summed E-state index contributed by atoms with van der Waals surface area (Å²) in [6.45, 7) is 0. The molecule has 7 nitrogen and oxygen atoms in total. The number of carbonyl (C=O) groups is 1. The summed E-state index contributed by atoms with van der Waals surface area (Å²) in [5.41, 5.74) is 1.10. The van der Waals surface area contributed by atoms with E-state index in [0.29, 0.717) is 22.6 Å². The van der Waals surface area contributed by atoms with Crippen molar-refractivity contribution in [2.24, 2.45) is 0 Å². The number of methoxy groups -OCH3 is 2. The van der Waals surface area contributed by atoms with Gasteiger partial charge in [-0.25, -0.2) is 0 Å². The van der Waals surface area contributed by atoms with Gasteiger partial charge in [0.1, 0.15) is 11.5 Å². The first-order chi connectivity index (χ1) is 11.7. The lowest BCUT2D eigenvalue weighted by Crippen LogP contribution is -2.11. The predicted molar refractivity (Wildman–Crippen MR) is 87.2 cm³/mol. The van der Waals surface area contributed by atoms with Gasteiger partial charge in [-0.15, -0.1) is 5.10 Å². The van der Waals surface area contributed by atoms with Crippen LogP contribution in [-0.2, 0) is 0 Å². The number of hydrogen-bond donors (Lipinski definition) is 1. The van der Waals surface area contributed by atoms with Crippen LogP contribution in [0.25, 0.3) is 11.5 Å². The lowest BCUT2D eigenvalue weighted by Gasteiger charge is -2.07. The van der Waals surface area contributed by atoms with Crippen LogP contribution in [0.15, 0.2) is 52.9 Å². The van der Waals surface area contributed by atoms with Crippen molar-refractivity contribution >= 4 is 11.9 Å². The zero-order valence-electron chi connectivity index (χ0n) is 13.1. The van der Waals surface area contributed by atoms with Gasteiger partial charge in [-0.2, -0.15) is 0 Å². The average molecular weight is 325 g/mol. The molecule has 0 spiro atoms. The van der Waals surface area contributed by atoms with Crippen molar-refractivity contribution in [2.75, 3.05) is 19.5 Å². The number of benzene rings is 2. The minimum absolute atomic E-state index is 0.0109. The highest BCUT2D eigenvalue weighted by Gasteiger charge is 2.16. The van der Waals surface area contributed by atoms with Gasteiger partial charge in [0.05, 0.1) is 19.8 Å². The van der Waals surface area contributed by atoms with Crippen molar-refractivity contribution in [3.63, 3.8) is 0 Å². The van der Waals surface area contributed by atoms with Crippen LogP contribution in [0.4, 0.5) is 6.01 Å². The number of nitrogens with one attached hydrogen (secondary N) is 1. The topological polar surface area (TPSA) is 86.5 Å². The third kappa shape index (κ3) is 3.19. The summed E-state index contributed by atoms with van der Waals surface area (Å²) < 4.78 is 16.0. The molecule has 122 valence electrons. The van der Waals surface area contributed by atoms with Gasteiger partial charge in [-0.05, 0) is 24.3 Å². The molecule has 1 N–H and O–H groups in total. The lowest BCUT2D eigenvalue weighted by atomic mass is 10.2. The highest BCUT2D eigenvalue weighted by atomic mass is 16.5. The van der Waals surface area contributed by atoms with Crippen LogP contribution in [0.3, 0.4) is 0 Å². The molecule has 1 aromatic heterocycles. The number of amides is 1. The van der Waals surface area contributed by atoms with Crippen molar-refractivity contribution in [1.29, 1.82) is 0 Å². The summed E-state index contributed by atoms with van der Waals surface area (Å²) >= 11 is 0. The Bertz CT molecular complexity index is 846. The molecule has 3 rings (SSSR count). The zero-order valence-corrected chi connectivity index (χ0v) is 13.1. The quantitative estimate of drug-likeness (QED) is 0.776. The molecule has 1 amide bonds. The minimum Gasteiger partial charge on any atom is -0.497 e. The average Bonchev–Trinajstić information content (AvgIpc) is 3.10. The molecule has 0 atom stereocenters. The summed E-state index contributed by atoms with van der Waals surface area (Å²) in [6.07, 6.45) is 0. The maximum absolute atomic E-state index is 12.1. The maximum atomic E-state index is 12.1. The van der Waals surface area contributed by atoms with Crippen molar-refractivity contribution in [3.05, 3.63) is 54.1 Å². The fourth-order valence-corrected chi connectivity index (χ4v) is 2.12. The molecule has 3 aromatic rings. The van der Waals surface area contributed by atoms with Crippen LogP contribution < -0.4 is 14.8 Å². The van der Waals surface area contributed by atoms with E-state index >= 15 is 0 Å². The van der Waals surface area contributed by atoms with E-state index in [-0.39, 0.29) is 17.8 Å². The molecule has 2 aromatic carbocycles. The molecule has 0 bridgehead atoms. The third-order valence-corrected chi connectivity index (χ3v) is 3.32. The van der Waals surface area contributed by atoms with Gasteiger partial charge < -0.3 is 13.9 Å². The van der Waals surface area contributed by atoms with Crippen LogP contribution in [0.1, 0.15) is 10.4 Å². The van der Waals surface area contributed by atoms with Crippen molar-refractivity contribution in [2.45, 2.75) is 0 Å². The fourth-order valence-electron chi connectivity index (χ4n) is 2.12. The van der Waals surface area contributed by atoms with Crippen LogP contribution in [0.2, 0.25) is 0 Å². The normalized spacial score (nSPS) is 10.2. The summed E-state index contributed by atoms with van der Waals surface area (Å²) in [5, 5.41) is 10.3. The Hall–Kier alpha value is -3.35. The first-order valence-corrected chi connectivity index (χ1v) is 7.13. The van der Waals surface area contributed by atoms with Crippen molar-refractivity contribution in [1.82, 2.24) is 10.2 Å². The van der Waals surface area contributed by atoms with Crippen molar-refractivity contribution < 1.29 is 18.7 Å². The number of nitrogens with zero attached hydrogens (tertiary/aromatic N) is 2. The summed E-state index contributed by atoms with van der Waals surface area (Å²) in [6, 6.07) is 14.0. The second kappa shape index (κ2) is 6.82. The number of aromatic nitrogens is 2. The van der Waals surface area contributed by atoms with E-state index in [0.717, 1.165) is 0 Å². The molecule has 0 saturated heterocycles. The molecule has 0 radical (unpaired) electrons. The summed E-state index contributed by atoms with van der Waals surface area (Å²) in [4.78, 5) is 12.1. The predicted octanol–water partition coefficient (Wildman–Crippen LogP) is 3.01. The van der Waals surface area contributed by atoms with Crippen LogP contribution in [0.5, 0.6) is 11.5 Å². The van der Waals surface area contributed by atoms with Gasteiger partial charge in [-0.3, -0.25) is 10.1 Å². The molecule has 0 aliphatic heterocycles. The van der Waals surface area contributed by atoms with Crippen LogP contribution in [-0.4, -0.2) is 30.3 Å². The first kappa shape index (κ1) is 15.5. The van der Waals surface area contributed by atoms with Gasteiger partial charge >= 0.3 is 6.01 Å². The number of rotatable bonds is 5. The minimum atomic E-state index is -0.326. The molecule has 7 heteroatoms. The van der Waals surface area contributed by atoms with Gasteiger partial charge in [0, 0.05) is 11.6 Å². The SMILES string of the molecule is COc1ccc(-c2nnc(NC(=O)c3ccccc3)o2)c(OC)c1. The summed E-state index contributed by atoms with van der Waals surface area (Å²) in [7, 11) is 3.10. The smallest absolute Gasteiger partial charge is 0.322 e. The summed E-state index contributed by atoms with van der Waals surface area (Å²) in [5.74, 6) is 1.08. The number of ether oxygens (including phenoxy) is 2. The van der Waals surface area contributed by atoms with E-state index in [9.17, 15) is 4.79 Å². The molecule has 0 unspecified atom stereocenters. The second-order valence-corrected chi connectivity index (χ2v) is 4.80. The molecule has 0 fully saturated rings. The van der Waals surface area contributed by atoms with Gasteiger partial charge in [0.15, 0.2) is 0 Å². The molecule has 1 heterocycles. The zero-order chi connectivity index (χ0) is 16.9. The largest absolute Gasteiger partial charge is 0.497 e. The Kier molecular flexibility index (Phi) is 4.42. The van der Waals surface area contributed by atoms with E-state index in [1.165, 1.54) is 7.11 Å². The third-order valence-electron chi connectivity index (χ3n) is 3.32. The molecule has 0 aliphatic carbocycles. The van der Waals surface area contributed by atoms with Gasteiger partial charge in [-0.1, -0.05) is 23.3 Å². The maximum Gasteiger partial charge on any atom is 0.322 e. The lowest BCUT2D eigenvalue weighted by molar-refractivity contribution is 0.102. The Morgan fingerprint density at radius 2 is 1.83 bits per heavy atom.